The summed E-state index contributed by atoms with van der Waals surface area (Å²) in [5, 5.41) is 2.91. The van der Waals surface area contributed by atoms with E-state index in [1.54, 1.807) is 6.20 Å². The zero-order valence-corrected chi connectivity index (χ0v) is 15.2. The van der Waals surface area contributed by atoms with Crippen LogP contribution >= 0.6 is 0 Å². The van der Waals surface area contributed by atoms with E-state index in [9.17, 15) is 14.4 Å². The molecule has 2 atom stereocenters. The van der Waals surface area contributed by atoms with E-state index >= 15 is 0 Å². The third-order valence-corrected chi connectivity index (χ3v) is 4.43. The van der Waals surface area contributed by atoms with Crippen molar-refractivity contribution in [2.75, 3.05) is 13.2 Å². The Morgan fingerprint density at radius 3 is 3.00 bits per heavy atom. The standard InChI is InChI=1S/C18H22N4O5/c1-11-3-4-13(9-19-11)27-15-10-26-6-5-14(15)21-16(23)7-12-8-20-18(25)22(2)17(12)24/h3-4,8-9,14-15H,5-7,10H2,1-2H3,(H,20,25)(H,21,23)/t14-,15+/m1/s1. The number of hydrogen-bond acceptors (Lipinski definition) is 6. The Kier molecular flexibility index (Phi) is 5.70. The SMILES string of the molecule is Cc1ccc(O[C@H]2COCC[C@H]2NC(=O)Cc2c[nH]c(=O)n(C)c2=O)cn1. The van der Waals surface area contributed by atoms with Crippen molar-refractivity contribution in [1.82, 2.24) is 19.9 Å². The van der Waals surface area contributed by atoms with Crippen LogP contribution in [0.15, 0.2) is 34.1 Å². The fourth-order valence-corrected chi connectivity index (χ4v) is 2.86. The van der Waals surface area contributed by atoms with Gasteiger partial charge in [-0.3, -0.25) is 19.1 Å². The van der Waals surface area contributed by atoms with Crippen molar-refractivity contribution in [2.24, 2.45) is 7.05 Å². The zero-order chi connectivity index (χ0) is 19.4. The highest BCUT2D eigenvalue weighted by atomic mass is 16.5. The van der Waals surface area contributed by atoms with Gasteiger partial charge in [0.2, 0.25) is 5.91 Å². The van der Waals surface area contributed by atoms with E-state index in [0.717, 1.165) is 10.3 Å². The van der Waals surface area contributed by atoms with Crippen molar-refractivity contribution in [3.8, 4) is 5.75 Å². The van der Waals surface area contributed by atoms with E-state index in [1.165, 1.54) is 13.2 Å². The Balaban J connectivity index is 1.66. The average Bonchev–Trinajstić information content (AvgIpc) is 2.66. The second kappa shape index (κ2) is 8.17. The maximum atomic E-state index is 12.4. The van der Waals surface area contributed by atoms with Crippen LogP contribution in [0.25, 0.3) is 0 Å². The number of pyridine rings is 1. The molecule has 0 unspecified atom stereocenters. The molecule has 27 heavy (non-hydrogen) atoms. The fraction of sp³-hybridized carbons (Fsp3) is 0.444. The van der Waals surface area contributed by atoms with E-state index in [0.29, 0.717) is 25.4 Å². The van der Waals surface area contributed by atoms with Crippen LogP contribution in [0.5, 0.6) is 5.75 Å². The van der Waals surface area contributed by atoms with Crippen LogP contribution in [0.3, 0.4) is 0 Å². The Bertz CT molecular complexity index is 919. The van der Waals surface area contributed by atoms with Gasteiger partial charge in [0.25, 0.3) is 5.56 Å². The molecule has 0 aliphatic carbocycles. The van der Waals surface area contributed by atoms with Crippen LogP contribution in [-0.2, 0) is 23.0 Å². The van der Waals surface area contributed by atoms with Gasteiger partial charge in [-0.2, -0.15) is 0 Å². The van der Waals surface area contributed by atoms with Crippen LogP contribution in [-0.4, -0.2) is 45.8 Å². The Morgan fingerprint density at radius 2 is 2.26 bits per heavy atom. The Labute approximate surface area is 155 Å². The molecule has 1 aliphatic rings. The number of nitrogens with zero attached hydrogens (tertiary/aromatic N) is 2. The van der Waals surface area contributed by atoms with Crippen molar-refractivity contribution < 1.29 is 14.3 Å². The molecule has 1 aliphatic heterocycles. The molecule has 3 heterocycles. The Morgan fingerprint density at radius 1 is 1.44 bits per heavy atom. The molecule has 2 N–H and O–H groups in total. The van der Waals surface area contributed by atoms with Crippen LogP contribution in [0.1, 0.15) is 17.7 Å². The third-order valence-electron chi connectivity index (χ3n) is 4.43. The Hall–Kier alpha value is -2.94. The molecule has 1 saturated heterocycles. The first-order valence-electron chi connectivity index (χ1n) is 8.68. The number of hydrogen-bond donors (Lipinski definition) is 2. The van der Waals surface area contributed by atoms with E-state index in [1.807, 2.05) is 19.1 Å². The normalized spacial score (nSPS) is 19.5. The molecule has 2 aromatic rings. The number of rotatable bonds is 5. The van der Waals surface area contributed by atoms with Gasteiger partial charge in [0.1, 0.15) is 11.9 Å². The first-order chi connectivity index (χ1) is 12.9. The molecule has 0 spiro atoms. The maximum Gasteiger partial charge on any atom is 0.328 e. The number of aryl methyl sites for hydroxylation is 1. The van der Waals surface area contributed by atoms with E-state index in [2.05, 4.69) is 15.3 Å². The predicted molar refractivity (Wildman–Crippen MR) is 96.8 cm³/mol. The molecule has 0 aromatic carbocycles. The van der Waals surface area contributed by atoms with Crippen LogP contribution in [0, 0.1) is 6.92 Å². The van der Waals surface area contributed by atoms with Gasteiger partial charge < -0.3 is 19.8 Å². The molecular formula is C18H22N4O5. The van der Waals surface area contributed by atoms with E-state index < -0.39 is 11.2 Å². The number of ether oxygens (including phenoxy) is 2. The summed E-state index contributed by atoms with van der Waals surface area (Å²) in [7, 11) is 1.36. The lowest BCUT2D eigenvalue weighted by Crippen LogP contribution is -2.52. The molecular weight excluding hydrogens is 352 g/mol. The van der Waals surface area contributed by atoms with Gasteiger partial charge in [-0.25, -0.2) is 4.79 Å². The smallest absolute Gasteiger partial charge is 0.328 e. The second-order valence-corrected chi connectivity index (χ2v) is 6.49. The van der Waals surface area contributed by atoms with E-state index in [-0.39, 0.29) is 30.0 Å². The van der Waals surface area contributed by atoms with Gasteiger partial charge in [-0.05, 0) is 25.5 Å². The molecule has 1 fully saturated rings. The van der Waals surface area contributed by atoms with Gasteiger partial charge in [-0.1, -0.05) is 0 Å². The van der Waals surface area contributed by atoms with E-state index in [4.69, 9.17) is 9.47 Å². The lowest BCUT2D eigenvalue weighted by molar-refractivity contribution is -0.123. The molecule has 9 heteroatoms. The summed E-state index contributed by atoms with van der Waals surface area (Å²) in [5.41, 5.74) is 0.101. The molecule has 9 nitrogen and oxygen atoms in total. The van der Waals surface area contributed by atoms with Crippen molar-refractivity contribution in [1.29, 1.82) is 0 Å². The lowest BCUT2D eigenvalue weighted by Gasteiger charge is -2.32. The van der Waals surface area contributed by atoms with Crippen molar-refractivity contribution in [2.45, 2.75) is 31.9 Å². The summed E-state index contributed by atoms with van der Waals surface area (Å²) in [5.74, 6) is 0.284. The number of aromatic amines is 1. The molecule has 0 saturated carbocycles. The zero-order valence-electron chi connectivity index (χ0n) is 15.2. The van der Waals surface area contributed by atoms with Gasteiger partial charge in [-0.15, -0.1) is 0 Å². The average molecular weight is 374 g/mol. The van der Waals surface area contributed by atoms with Gasteiger partial charge >= 0.3 is 5.69 Å². The lowest BCUT2D eigenvalue weighted by atomic mass is 10.1. The van der Waals surface area contributed by atoms with Crippen molar-refractivity contribution in [3.05, 3.63) is 56.6 Å². The fourth-order valence-electron chi connectivity index (χ4n) is 2.86. The number of nitrogens with one attached hydrogen (secondary N) is 2. The quantitative estimate of drug-likeness (QED) is 0.741. The molecule has 0 bridgehead atoms. The number of carbonyl (C=O) groups excluding carboxylic acids is 1. The number of aromatic nitrogens is 3. The largest absolute Gasteiger partial charge is 0.484 e. The van der Waals surface area contributed by atoms with Gasteiger partial charge in [0.15, 0.2) is 0 Å². The maximum absolute atomic E-state index is 12.4. The van der Waals surface area contributed by atoms with Crippen LogP contribution < -0.4 is 21.3 Å². The predicted octanol–water partition coefficient (Wildman–Crippen LogP) is -0.328. The monoisotopic (exact) mass is 374 g/mol. The number of amides is 1. The van der Waals surface area contributed by atoms with Gasteiger partial charge in [0.05, 0.1) is 25.3 Å². The number of carbonyl (C=O) groups is 1. The number of H-pyrrole nitrogens is 1. The summed E-state index contributed by atoms with van der Waals surface area (Å²) in [6.45, 7) is 2.74. The summed E-state index contributed by atoms with van der Waals surface area (Å²) in [6.07, 6.45) is 3.03. The third kappa shape index (κ3) is 4.62. The minimum Gasteiger partial charge on any atom is -0.484 e. The topological polar surface area (TPSA) is 115 Å². The molecule has 1 amide bonds. The molecule has 0 radical (unpaired) electrons. The summed E-state index contributed by atoms with van der Waals surface area (Å²) in [4.78, 5) is 42.5. The first-order valence-corrected chi connectivity index (χ1v) is 8.68. The van der Waals surface area contributed by atoms with Crippen LogP contribution in [0.4, 0.5) is 0 Å². The van der Waals surface area contributed by atoms with Crippen molar-refractivity contribution >= 4 is 5.91 Å². The summed E-state index contributed by atoms with van der Waals surface area (Å²) < 4.78 is 12.3. The minimum absolute atomic E-state index is 0.125. The first kappa shape index (κ1) is 18.8. The highest BCUT2D eigenvalue weighted by molar-refractivity contribution is 5.78. The minimum atomic E-state index is -0.520. The van der Waals surface area contributed by atoms with Crippen molar-refractivity contribution in [3.63, 3.8) is 0 Å². The summed E-state index contributed by atoms with van der Waals surface area (Å²) in [6, 6.07) is 3.41. The molecule has 2 aromatic heterocycles. The van der Waals surface area contributed by atoms with Gasteiger partial charge in [0, 0.05) is 31.1 Å². The highest BCUT2D eigenvalue weighted by Gasteiger charge is 2.29. The van der Waals surface area contributed by atoms with Crippen LogP contribution in [0.2, 0.25) is 0 Å². The summed E-state index contributed by atoms with van der Waals surface area (Å²) >= 11 is 0. The molecule has 3 rings (SSSR count). The second-order valence-electron chi connectivity index (χ2n) is 6.49. The highest BCUT2D eigenvalue weighted by Crippen LogP contribution is 2.17. The molecule has 144 valence electrons.